The monoisotopic (exact) mass is 480 g/mol. The highest BCUT2D eigenvalue weighted by Crippen LogP contribution is 2.34. The van der Waals surface area contributed by atoms with Crippen molar-refractivity contribution in [2.45, 2.75) is 77.6 Å². The lowest BCUT2D eigenvalue weighted by Crippen LogP contribution is -2.19. The van der Waals surface area contributed by atoms with E-state index in [0.717, 1.165) is 23.8 Å². The number of carbonyl (C=O) groups is 1. The summed E-state index contributed by atoms with van der Waals surface area (Å²) in [6, 6.07) is 17.6. The van der Waals surface area contributed by atoms with Crippen LogP contribution in [0.5, 0.6) is 0 Å². The van der Waals surface area contributed by atoms with Gasteiger partial charge in [-0.2, -0.15) is 0 Å². The van der Waals surface area contributed by atoms with E-state index in [1.54, 1.807) is 0 Å². The molecule has 1 fully saturated rings. The molecule has 1 unspecified atom stereocenters. The average molecular weight is 481 g/mol. The zero-order chi connectivity index (χ0) is 24.7. The molecule has 1 aliphatic carbocycles. The lowest BCUT2D eigenvalue weighted by Gasteiger charge is -2.28. The second-order valence-electron chi connectivity index (χ2n) is 10.3. The van der Waals surface area contributed by atoms with Crippen LogP contribution in [0.4, 0.5) is 0 Å². The number of carbonyl (C=O) groups excluding carboxylic acids is 1. The van der Waals surface area contributed by atoms with Gasteiger partial charge in [-0.3, -0.25) is 4.79 Å². The Bertz CT molecular complexity index is 822. The van der Waals surface area contributed by atoms with Gasteiger partial charge < -0.3 is 14.6 Å². The maximum absolute atomic E-state index is 10.5. The Hall–Kier alpha value is -2.17. The summed E-state index contributed by atoms with van der Waals surface area (Å²) in [4.78, 5) is 10.5. The minimum atomic E-state index is -0.327. The molecule has 1 atom stereocenters. The first-order valence-electron chi connectivity index (χ1n) is 13.6. The van der Waals surface area contributed by atoms with Gasteiger partial charge in [-0.1, -0.05) is 107 Å². The van der Waals surface area contributed by atoms with Crippen LogP contribution in [0.2, 0.25) is 0 Å². The molecule has 0 radical (unpaired) electrons. The highest BCUT2D eigenvalue weighted by molar-refractivity contribution is 5.64. The zero-order valence-corrected chi connectivity index (χ0v) is 21.5. The number of unbranched alkanes of at least 4 members (excludes halogenated alkanes) is 2. The summed E-state index contributed by atoms with van der Waals surface area (Å²) in [5.41, 5.74) is 5.04. The van der Waals surface area contributed by atoms with E-state index in [1.165, 1.54) is 80.9 Å². The van der Waals surface area contributed by atoms with Crippen LogP contribution < -0.4 is 0 Å². The third-order valence-corrected chi connectivity index (χ3v) is 7.63. The molecule has 1 N–H and O–H groups in total. The second kappa shape index (κ2) is 15.7. The molecule has 0 aromatic heterocycles. The fourth-order valence-electron chi connectivity index (χ4n) is 5.45. The summed E-state index contributed by atoms with van der Waals surface area (Å²) in [5.74, 6) is 1.93. The number of rotatable bonds is 16. The van der Waals surface area contributed by atoms with Gasteiger partial charge in [0, 0.05) is 5.92 Å². The first kappa shape index (κ1) is 27.4. The van der Waals surface area contributed by atoms with Gasteiger partial charge in [-0.05, 0) is 53.4 Å². The van der Waals surface area contributed by atoms with Crippen molar-refractivity contribution in [2.24, 2.45) is 17.8 Å². The SMILES string of the molecule is CCCCCC1CCC(CCc2ccc(-c3ccc(CC(COC=O)COCO)cc3)cc2)CC1. The predicted octanol–water partition coefficient (Wildman–Crippen LogP) is 6.97. The number of aliphatic hydroxyl groups excluding tert-OH is 1. The minimum Gasteiger partial charge on any atom is -0.467 e. The van der Waals surface area contributed by atoms with Gasteiger partial charge in [0.2, 0.25) is 0 Å². The van der Waals surface area contributed by atoms with Crippen LogP contribution >= 0.6 is 0 Å². The molecular weight excluding hydrogens is 436 g/mol. The molecule has 1 aliphatic rings. The van der Waals surface area contributed by atoms with Crippen molar-refractivity contribution in [2.75, 3.05) is 20.0 Å². The highest BCUT2D eigenvalue weighted by Gasteiger charge is 2.20. The van der Waals surface area contributed by atoms with Crippen molar-refractivity contribution in [1.29, 1.82) is 0 Å². The van der Waals surface area contributed by atoms with Crippen molar-refractivity contribution in [1.82, 2.24) is 0 Å². The maximum Gasteiger partial charge on any atom is 0.293 e. The van der Waals surface area contributed by atoms with E-state index in [1.807, 2.05) is 0 Å². The first-order valence-corrected chi connectivity index (χ1v) is 13.6. The molecule has 3 rings (SSSR count). The van der Waals surface area contributed by atoms with Gasteiger partial charge in [0.15, 0.2) is 0 Å². The van der Waals surface area contributed by atoms with E-state index in [4.69, 9.17) is 14.6 Å². The Balaban J connectivity index is 1.44. The molecule has 4 nitrogen and oxygen atoms in total. The summed E-state index contributed by atoms with van der Waals surface area (Å²) < 4.78 is 10.0. The quantitative estimate of drug-likeness (QED) is 0.160. The molecule has 0 bridgehead atoms. The lowest BCUT2D eigenvalue weighted by atomic mass is 9.78. The van der Waals surface area contributed by atoms with Gasteiger partial charge >= 0.3 is 0 Å². The van der Waals surface area contributed by atoms with E-state index < -0.39 is 0 Å². The Morgan fingerprint density at radius 1 is 0.857 bits per heavy atom. The van der Waals surface area contributed by atoms with Crippen molar-refractivity contribution < 1.29 is 19.4 Å². The van der Waals surface area contributed by atoms with Gasteiger partial charge in [0.05, 0.1) is 13.2 Å². The highest BCUT2D eigenvalue weighted by atomic mass is 16.6. The Labute approximate surface area is 212 Å². The predicted molar refractivity (Wildman–Crippen MR) is 142 cm³/mol. The number of ether oxygens (including phenoxy) is 2. The Kier molecular flexibility index (Phi) is 12.3. The number of aliphatic hydroxyl groups is 1. The van der Waals surface area contributed by atoms with Crippen LogP contribution in [0.25, 0.3) is 11.1 Å². The lowest BCUT2D eigenvalue weighted by molar-refractivity contribution is -0.131. The van der Waals surface area contributed by atoms with Crippen LogP contribution in [-0.4, -0.2) is 31.6 Å². The van der Waals surface area contributed by atoms with Gasteiger partial charge in [-0.25, -0.2) is 0 Å². The fraction of sp³-hybridized carbons (Fsp3) is 0.581. The summed E-state index contributed by atoms with van der Waals surface area (Å²) in [7, 11) is 0. The molecule has 0 spiro atoms. The third-order valence-electron chi connectivity index (χ3n) is 7.63. The maximum atomic E-state index is 10.5. The molecule has 0 saturated heterocycles. The molecule has 4 heteroatoms. The smallest absolute Gasteiger partial charge is 0.293 e. The fourth-order valence-corrected chi connectivity index (χ4v) is 5.45. The summed E-state index contributed by atoms with van der Waals surface area (Å²) in [6.45, 7) is 3.07. The molecule has 2 aromatic carbocycles. The van der Waals surface area contributed by atoms with Crippen LogP contribution in [0.3, 0.4) is 0 Å². The first-order chi connectivity index (χ1) is 17.2. The molecule has 0 aliphatic heterocycles. The van der Waals surface area contributed by atoms with Crippen LogP contribution in [0.15, 0.2) is 48.5 Å². The van der Waals surface area contributed by atoms with Crippen molar-refractivity contribution in [3.63, 3.8) is 0 Å². The second-order valence-corrected chi connectivity index (χ2v) is 10.3. The van der Waals surface area contributed by atoms with Crippen molar-refractivity contribution in [3.8, 4) is 11.1 Å². The molecule has 2 aromatic rings. The van der Waals surface area contributed by atoms with Crippen LogP contribution in [-0.2, 0) is 27.1 Å². The molecule has 1 saturated carbocycles. The normalized spacial score (nSPS) is 18.8. The summed E-state index contributed by atoms with van der Waals surface area (Å²) in [6.07, 6.45) is 14.6. The van der Waals surface area contributed by atoms with Gasteiger partial charge in [0.1, 0.15) is 6.79 Å². The van der Waals surface area contributed by atoms with Gasteiger partial charge in [0.25, 0.3) is 6.47 Å². The van der Waals surface area contributed by atoms with Crippen molar-refractivity contribution >= 4 is 6.47 Å². The molecule has 192 valence electrons. The number of aryl methyl sites for hydroxylation is 1. The van der Waals surface area contributed by atoms with Crippen LogP contribution in [0, 0.1) is 17.8 Å². The van der Waals surface area contributed by atoms with Crippen molar-refractivity contribution in [3.05, 3.63) is 59.7 Å². The average Bonchev–Trinajstić information content (AvgIpc) is 2.90. The topological polar surface area (TPSA) is 55.8 Å². The van der Waals surface area contributed by atoms with E-state index >= 15 is 0 Å². The summed E-state index contributed by atoms with van der Waals surface area (Å²) >= 11 is 0. The molecule has 35 heavy (non-hydrogen) atoms. The minimum absolute atomic E-state index is 0.0218. The third kappa shape index (κ3) is 9.77. The molecule has 0 amide bonds. The van der Waals surface area contributed by atoms with E-state index in [2.05, 4.69) is 55.5 Å². The number of hydrogen-bond donors (Lipinski definition) is 1. The largest absolute Gasteiger partial charge is 0.467 e. The van der Waals surface area contributed by atoms with E-state index in [-0.39, 0.29) is 19.3 Å². The zero-order valence-electron chi connectivity index (χ0n) is 21.5. The standard InChI is InChI=1S/C31H44O4/c1-2-3-4-5-25-6-8-26(9-7-25)10-11-27-12-16-30(17-13-27)31-18-14-28(15-19-31)20-29(21-34-23-32)22-35-24-33/h12-19,23,25-26,29,33H,2-11,20-22,24H2,1H3. The molecule has 0 heterocycles. The number of hydrogen-bond acceptors (Lipinski definition) is 4. The Morgan fingerprint density at radius 3 is 2.03 bits per heavy atom. The summed E-state index contributed by atoms with van der Waals surface area (Å²) in [5, 5.41) is 8.90. The number of benzene rings is 2. The van der Waals surface area contributed by atoms with Gasteiger partial charge in [-0.15, -0.1) is 0 Å². The Morgan fingerprint density at radius 2 is 1.46 bits per heavy atom. The van der Waals surface area contributed by atoms with E-state index in [9.17, 15) is 4.79 Å². The van der Waals surface area contributed by atoms with Crippen LogP contribution in [0.1, 0.15) is 75.8 Å². The van der Waals surface area contributed by atoms with E-state index in [0.29, 0.717) is 13.1 Å². The molecular formula is C31H44O4.